The van der Waals surface area contributed by atoms with E-state index in [1.807, 2.05) is 42.5 Å². The highest BCUT2D eigenvalue weighted by atomic mass is 16.5. The van der Waals surface area contributed by atoms with Crippen LogP contribution in [0.2, 0.25) is 0 Å². The minimum absolute atomic E-state index is 0.0194. The summed E-state index contributed by atoms with van der Waals surface area (Å²) in [5.74, 6) is -1.11. The van der Waals surface area contributed by atoms with Gasteiger partial charge in [-0.15, -0.1) is 0 Å². The van der Waals surface area contributed by atoms with Crippen molar-refractivity contribution in [2.75, 3.05) is 31.2 Å². The van der Waals surface area contributed by atoms with Crippen LogP contribution >= 0.6 is 0 Å². The van der Waals surface area contributed by atoms with Gasteiger partial charge >= 0.3 is 5.97 Å². The molecule has 1 saturated heterocycles. The smallest absolute Gasteiger partial charge is 0.337 e. The summed E-state index contributed by atoms with van der Waals surface area (Å²) >= 11 is 0. The van der Waals surface area contributed by atoms with Gasteiger partial charge in [-0.1, -0.05) is 48.5 Å². The molecule has 0 saturated carbocycles. The summed E-state index contributed by atoms with van der Waals surface area (Å²) in [6.45, 7) is 2.59. The zero-order chi connectivity index (χ0) is 22.1. The van der Waals surface area contributed by atoms with E-state index in [9.17, 15) is 14.7 Å². The van der Waals surface area contributed by atoms with Crippen LogP contribution in [0, 0.1) is 0 Å². The van der Waals surface area contributed by atoms with Gasteiger partial charge in [0.25, 0.3) is 5.56 Å². The first-order chi connectivity index (χ1) is 15.6. The third-order valence-electron chi connectivity index (χ3n) is 5.67. The summed E-state index contributed by atoms with van der Waals surface area (Å²) in [5.41, 5.74) is 2.20. The molecule has 5 rings (SSSR count). The van der Waals surface area contributed by atoms with Gasteiger partial charge in [0.05, 0.1) is 35.5 Å². The maximum Gasteiger partial charge on any atom is 0.337 e. The minimum atomic E-state index is -1.11. The highest BCUT2D eigenvalue weighted by molar-refractivity contribution is 5.95. The number of hydrogen-bond donors (Lipinski definition) is 1. The fourth-order valence-electron chi connectivity index (χ4n) is 4.06. The van der Waals surface area contributed by atoms with Crippen LogP contribution in [-0.4, -0.2) is 47.2 Å². The number of carbonyl (C=O) groups is 1. The molecule has 3 aromatic carbocycles. The van der Waals surface area contributed by atoms with E-state index in [0.717, 1.165) is 16.6 Å². The van der Waals surface area contributed by atoms with Gasteiger partial charge in [-0.25, -0.2) is 4.79 Å². The van der Waals surface area contributed by atoms with E-state index in [0.29, 0.717) is 37.4 Å². The molecule has 160 valence electrons. The average Bonchev–Trinajstić information content (AvgIpc) is 2.85. The molecule has 2 heterocycles. The van der Waals surface area contributed by atoms with Gasteiger partial charge in [0.1, 0.15) is 0 Å². The summed E-state index contributed by atoms with van der Waals surface area (Å²) < 4.78 is 6.65. The molecule has 1 N–H and O–H groups in total. The van der Waals surface area contributed by atoms with E-state index in [-0.39, 0.29) is 16.8 Å². The van der Waals surface area contributed by atoms with Gasteiger partial charge in [-0.2, -0.15) is 9.78 Å². The Bertz CT molecular complexity index is 1360. The first kappa shape index (κ1) is 20.0. The van der Waals surface area contributed by atoms with Gasteiger partial charge < -0.3 is 14.7 Å². The van der Waals surface area contributed by atoms with E-state index in [2.05, 4.69) is 10.00 Å². The zero-order valence-electron chi connectivity index (χ0n) is 17.3. The Morgan fingerprint density at radius 3 is 2.31 bits per heavy atom. The molecule has 0 unspecified atom stereocenters. The standard InChI is InChI=1S/C25H21N3O4/c29-24-20-9-5-4-8-19(20)23(17-6-2-1-3-7-17)26-28(24)22-16-18(10-11-21(22)25(30)31)27-12-14-32-15-13-27/h1-11,16H,12-15H2,(H,30,31). The van der Waals surface area contributed by atoms with Crippen molar-refractivity contribution in [3.8, 4) is 16.9 Å². The highest BCUT2D eigenvalue weighted by Crippen LogP contribution is 2.27. The topological polar surface area (TPSA) is 84.7 Å². The van der Waals surface area contributed by atoms with Crippen LogP contribution in [0.15, 0.2) is 77.6 Å². The monoisotopic (exact) mass is 427 g/mol. The average molecular weight is 427 g/mol. The van der Waals surface area contributed by atoms with Gasteiger partial charge in [-0.3, -0.25) is 4.79 Å². The lowest BCUT2D eigenvalue weighted by atomic mass is 10.0. The maximum absolute atomic E-state index is 13.4. The second-order valence-electron chi connectivity index (χ2n) is 7.58. The number of rotatable bonds is 4. The van der Waals surface area contributed by atoms with Crippen molar-refractivity contribution < 1.29 is 14.6 Å². The lowest BCUT2D eigenvalue weighted by molar-refractivity contribution is 0.0696. The number of anilines is 1. The van der Waals surface area contributed by atoms with Crippen molar-refractivity contribution in [1.82, 2.24) is 9.78 Å². The molecular weight excluding hydrogens is 406 g/mol. The molecule has 1 aromatic heterocycles. The molecule has 32 heavy (non-hydrogen) atoms. The van der Waals surface area contributed by atoms with Crippen molar-refractivity contribution >= 4 is 22.4 Å². The molecule has 0 aliphatic carbocycles. The number of aromatic nitrogens is 2. The fourth-order valence-corrected chi connectivity index (χ4v) is 4.06. The van der Waals surface area contributed by atoms with Crippen LogP contribution in [0.3, 0.4) is 0 Å². The zero-order valence-corrected chi connectivity index (χ0v) is 17.3. The van der Waals surface area contributed by atoms with Crippen LogP contribution in [0.5, 0.6) is 0 Å². The predicted octanol–water partition coefficient (Wildman–Crippen LogP) is 3.59. The molecule has 0 amide bonds. The molecule has 7 nitrogen and oxygen atoms in total. The van der Waals surface area contributed by atoms with Crippen molar-refractivity contribution in [2.24, 2.45) is 0 Å². The molecule has 1 fully saturated rings. The highest BCUT2D eigenvalue weighted by Gasteiger charge is 2.20. The van der Waals surface area contributed by atoms with Gasteiger partial charge in [0.15, 0.2) is 0 Å². The van der Waals surface area contributed by atoms with Crippen LogP contribution < -0.4 is 10.5 Å². The van der Waals surface area contributed by atoms with Crippen LogP contribution in [0.4, 0.5) is 5.69 Å². The largest absolute Gasteiger partial charge is 0.478 e. The van der Waals surface area contributed by atoms with Gasteiger partial charge in [-0.05, 0) is 24.3 Å². The van der Waals surface area contributed by atoms with Gasteiger partial charge in [0.2, 0.25) is 0 Å². The molecule has 0 spiro atoms. The number of ether oxygens (including phenoxy) is 1. The second kappa shape index (κ2) is 8.28. The summed E-state index contributed by atoms with van der Waals surface area (Å²) in [6.07, 6.45) is 0. The summed E-state index contributed by atoms with van der Waals surface area (Å²) in [4.78, 5) is 27.6. The minimum Gasteiger partial charge on any atom is -0.478 e. The third kappa shape index (κ3) is 3.52. The number of fused-ring (bicyclic) bond motifs is 1. The SMILES string of the molecule is O=C(O)c1ccc(N2CCOCC2)cc1-n1nc(-c2ccccc2)c2ccccc2c1=O. The number of aromatic carboxylic acids is 1. The number of benzene rings is 3. The van der Waals surface area contributed by atoms with Crippen LogP contribution in [0.25, 0.3) is 27.7 Å². The first-order valence-electron chi connectivity index (χ1n) is 10.4. The number of carboxylic acid groups (broad SMARTS) is 1. The Balaban J connectivity index is 1.78. The molecule has 0 atom stereocenters. The van der Waals surface area contributed by atoms with E-state index in [1.54, 1.807) is 24.3 Å². The van der Waals surface area contributed by atoms with E-state index < -0.39 is 5.97 Å². The quantitative estimate of drug-likeness (QED) is 0.536. The van der Waals surface area contributed by atoms with Crippen molar-refractivity contribution in [3.63, 3.8) is 0 Å². The fraction of sp³-hybridized carbons (Fsp3) is 0.160. The molecule has 1 aliphatic rings. The molecule has 4 aromatic rings. The Hall–Kier alpha value is -3.97. The lowest BCUT2D eigenvalue weighted by Gasteiger charge is -2.29. The maximum atomic E-state index is 13.4. The van der Waals surface area contributed by atoms with Crippen LogP contribution in [-0.2, 0) is 4.74 Å². The van der Waals surface area contributed by atoms with E-state index in [4.69, 9.17) is 4.74 Å². The first-order valence-corrected chi connectivity index (χ1v) is 10.4. The number of hydrogen-bond acceptors (Lipinski definition) is 5. The van der Waals surface area contributed by atoms with Crippen LogP contribution in [0.1, 0.15) is 10.4 Å². The number of nitrogens with zero attached hydrogens (tertiary/aromatic N) is 3. The molecule has 7 heteroatoms. The molecule has 1 aliphatic heterocycles. The number of carboxylic acids is 1. The third-order valence-corrected chi connectivity index (χ3v) is 5.67. The van der Waals surface area contributed by atoms with Crippen molar-refractivity contribution in [1.29, 1.82) is 0 Å². The molecule has 0 radical (unpaired) electrons. The number of morpholine rings is 1. The Kier molecular flexibility index (Phi) is 5.17. The van der Waals surface area contributed by atoms with E-state index >= 15 is 0 Å². The summed E-state index contributed by atoms with van der Waals surface area (Å²) in [6, 6.07) is 21.9. The Morgan fingerprint density at radius 1 is 0.906 bits per heavy atom. The predicted molar refractivity (Wildman–Crippen MR) is 123 cm³/mol. The summed E-state index contributed by atoms with van der Waals surface area (Å²) in [7, 11) is 0. The lowest BCUT2D eigenvalue weighted by Crippen LogP contribution is -2.36. The van der Waals surface area contributed by atoms with Gasteiger partial charge in [0, 0.05) is 29.7 Å². The molecule has 0 bridgehead atoms. The Labute approximate surface area is 184 Å². The second-order valence-corrected chi connectivity index (χ2v) is 7.58. The normalized spacial score (nSPS) is 13.9. The molecular formula is C25H21N3O4. The van der Waals surface area contributed by atoms with Crippen molar-refractivity contribution in [3.05, 3.63) is 88.7 Å². The van der Waals surface area contributed by atoms with Crippen molar-refractivity contribution in [2.45, 2.75) is 0 Å². The summed E-state index contributed by atoms with van der Waals surface area (Å²) in [5, 5.41) is 15.7. The van der Waals surface area contributed by atoms with E-state index in [1.165, 1.54) is 10.7 Å². The Morgan fingerprint density at radius 2 is 1.59 bits per heavy atom.